The van der Waals surface area contributed by atoms with Gasteiger partial charge in [-0.2, -0.15) is 13.0 Å². The molecule has 1 aliphatic rings. The van der Waals surface area contributed by atoms with Gasteiger partial charge in [0.2, 0.25) is 11.5 Å². The highest BCUT2D eigenvalue weighted by atomic mass is 35.5. The molecule has 0 aliphatic carbocycles. The van der Waals surface area contributed by atoms with E-state index in [2.05, 4.69) is 0 Å². The monoisotopic (exact) mass is 537 g/mol. The van der Waals surface area contributed by atoms with Gasteiger partial charge in [0.15, 0.2) is 5.75 Å². The van der Waals surface area contributed by atoms with Crippen LogP contribution in [0.2, 0.25) is 5.02 Å². The average Bonchev–Trinajstić information content (AvgIpc) is 3.38. The fourth-order valence-electron chi connectivity index (χ4n) is 4.28. The quantitative estimate of drug-likeness (QED) is 0.230. The Labute approximate surface area is 220 Å². The number of rotatable bonds is 7. The van der Waals surface area contributed by atoms with Gasteiger partial charge in [0, 0.05) is 23.7 Å². The Bertz CT molecular complexity index is 1640. The number of aromatic nitrogens is 1. The first-order valence-corrected chi connectivity index (χ1v) is 13.8. The van der Waals surface area contributed by atoms with E-state index < -0.39 is 15.9 Å². The highest BCUT2D eigenvalue weighted by molar-refractivity contribution is 7.85. The summed E-state index contributed by atoms with van der Waals surface area (Å²) < 4.78 is 46.7. The van der Waals surface area contributed by atoms with E-state index in [-0.39, 0.29) is 6.54 Å². The predicted octanol–water partition coefficient (Wildman–Crippen LogP) is 6.00. The Kier molecular flexibility index (Phi) is 6.81. The summed E-state index contributed by atoms with van der Waals surface area (Å²) in [7, 11) is -2.27. The van der Waals surface area contributed by atoms with Gasteiger partial charge in [-0.1, -0.05) is 54.9 Å². The van der Waals surface area contributed by atoms with Crippen LogP contribution in [0.25, 0.3) is 28.3 Å². The fourth-order valence-corrected chi connectivity index (χ4v) is 4.86. The van der Waals surface area contributed by atoms with Crippen molar-refractivity contribution in [3.63, 3.8) is 0 Å². The Morgan fingerprint density at radius 2 is 1.86 bits per heavy atom. The molecule has 3 aromatic carbocycles. The van der Waals surface area contributed by atoms with Crippen molar-refractivity contribution in [3.05, 3.63) is 95.2 Å². The first-order valence-electron chi connectivity index (χ1n) is 11.8. The van der Waals surface area contributed by atoms with Crippen molar-refractivity contribution in [1.82, 2.24) is 0 Å². The van der Waals surface area contributed by atoms with E-state index in [0.717, 1.165) is 27.9 Å². The minimum absolute atomic E-state index is 0.0316. The normalized spacial score (nSPS) is 14.9. The topological polar surface area (TPSA) is 83.9 Å². The molecule has 0 saturated carbocycles. The smallest absolute Gasteiger partial charge is 0.374 e. The molecule has 190 valence electrons. The molecule has 0 fully saturated rings. The summed E-state index contributed by atoms with van der Waals surface area (Å²) in [5.41, 5.74) is 5.23. The van der Waals surface area contributed by atoms with E-state index >= 15 is 0 Å². The fraction of sp³-hybridized carbons (Fsp3) is 0.179. The lowest BCUT2D eigenvalue weighted by atomic mass is 10.0. The van der Waals surface area contributed by atoms with Crippen LogP contribution < -0.4 is 14.2 Å². The van der Waals surface area contributed by atoms with Gasteiger partial charge in [-0.25, -0.2) is 0 Å². The molecule has 0 saturated heterocycles. The maximum Gasteiger partial charge on any atom is 0.374 e. The maximum atomic E-state index is 11.6. The largest absolute Gasteiger partial charge is 0.439 e. The van der Waals surface area contributed by atoms with E-state index in [1.807, 2.05) is 91.4 Å². The minimum atomic E-state index is -4.17. The van der Waals surface area contributed by atoms with Crippen molar-refractivity contribution in [3.8, 4) is 16.9 Å². The molecule has 0 radical (unpaired) electrons. The number of hydrogen-bond donors (Lipinski definition) is 1. The number of anilines is 1. The molecule has 2 heterocycles. The SMILES string of the molecule is CCC(=Cc1oc2ccc(Cl)cc2[n+]1C)C=C1Oc2ccc(-c3ccccc3)cc2N1CCS(=O)(=O)O. The summed E-state index contributed by atoms with van der Waals surface area (Å²) in [6, 6.07) is 21.2. The van der Waals surface area contributed by atoms with Crippen LogP contribution in [0.15, 0.2) is 88.7 Å². The van der Waals surface area contributed by atoms with Crippen molar-refractivity contribution in [2.75, 3.05) is 17.2 Å². The maximum absolute atomic E-state index is 11.6. The van der Waals surface area contributed by atoms with Gasteiger partial charge in [-0.3, -0.25) is 4.55 Å². The molecule has 0 amide bonds. The van der Waals surface area contributed by atoms with Gasteiger partial charge < -0.3 is 14.1 Å². The van der Waals surface area contributed by atoms with Crippen molar-refractivity contribution in [2.45, 2.75) is 13.3 Å². The molecule has 1 N–H and O–H groups in total. The van der Waals surface area contributed by atoms with E-state index in [1.54, 1.807) is 11.0 Å². The van der Waals surface area contributed by atoms with Crippen LogP contribution >= 0.6 is 11.6 Å². The highest BCUT2D eigenvalue weighted by Crippen LogP contribution is 2.42. The van der Waals surface area contributed by atoms with Crippen LogP contribution in [0.4, 0.5) is 5.69 Å². The van der Waals surface area contributed by atoms with Crippen LogP contribution in [0.5, 0.6) is 5.75 Å². The van der Waals surface area contributed by atoms with Gasteiger partial charge >= 0.3 is 5.89 Å². The zero-order valence-corrected chi connectivity index (χ0v) is 22.0. The summed E-state index contributed by atoms with van der Waals surface area (Å²) >= 11 is 6.16. The molecule has 1 aromatic heterocycles. The Hall–Kier alpha value is -3.59. The summed E-state index contributed by atoms with van der Waals surface area (Å²) in [4.78, 5) is 1.78. The van der Waals surface area contributed by atoms with Crippen molar-refractivity contribution < 1.29 is 26.7 Å². The third kappa shape index (κ3) is 5.41. The van der Waals surface area contributed by atoms with Gasteiger partial charge in [0.05, 0.1) is 17.5 Å². The number of halogens is 1. The number of benzene rings is 3. The predicted molar refractivity (Wildman–Crippen MR) is 145 cm³/mol. The van der Waals surface area contributed by atoms with Crippen molar-refractivity contribution in [2.24, 2.45) is 7.05 Å². The lowest BCUT2D eigenvalue weighted by molar-refractivity contribution is -0.652. The zero-order valence-electron chi connectivity index (χ0n) is 20.4. The number of aryl methyl sites for hydroxylation is 1. The lowest BCUT2D eigenvalue weighted by Gasteiger charge is -2.18. The van der Waals surface area contributed by atoms with Crippen LogP contribution in [0.3, 0.4) is 0 Å². The standard InChI is InChI=1S/C28H25ClN2O5S/c1-3-19(15-27-30(2)23-18-22(29)10-12-25(23)35-27)16-28-31(13-14-37(32,33)34)24-17-21(9-11-26(24)36-28)20-7-5-4-6-8-20/h4-12,15-18H,3,13-14H2,1-2H3/p+1. The van der Waals surface area contributed by atoms with Crippen LogP contribution in [-0.4, -0.2) is 25.3 Å². The van der Waals surface area contributed by atoms with Crippen LogP contribution in [0, 0.1) is 0 Å². The molecule has 5 rings (SSSR count). The second kappa shape index (κ2) is 10.0. The molecular formula is C28H26ClN2O5S+. The van der Waals surface area contributed by atoms with Gasteiger partial charge in [-0.05, 0) is 47.4 Å². The van der Waals surface area contributed by atoms with Crippen LogP contribution in [-0.2, 0) is 17.2 Å². The minimum Gasteiger partial charge on any atom is -0.439 e. The first kappa shape index (κ1) is 25.1. The Balaban J connectivity index is 1.54. The molecule has 0 unspecified atom stereocenters. The molecule has 0 spiro atoms. The van der Waals surface area contributed by atoms with Gasteiger partial charge in [-0.15, -0.1) is 0 Å². The second-order valence-electron chi connectivity index (χ2n) is 8.76. The van der Waals surface area contributed by atoms with Crippen molar-refractivity contribution >= 4 is 44.6 Å². The molecule has 1 aliphatic heterocycles. The number of fused-ring (bicyclic) bond motifs is 2. The Morgan fingerprint density at radius 1 is 1.08 bits per heavy atom. The average molecular weight is 538 g/mol. The van der Waals surface area contributed by atoms with E-state index in [1.165, 1.54) is 0 Å². The third-order valence-electron chi connectivity index (χ3n) is 6.26. The molecule has 9 heteroatoms. The number of allylic oxidation sites excluding steroid dienone is 2. The Morgan fingerprint density at radius 3 is 2.59 bits per heavy atom. The second-order valence-corrected chi connectivity index (χ2v) is 10.8. The van der Waals surface area contributed by atoms with E-state index in [4.69, 9.17) is 20.8 Å². The number of nitrogens with zero attached hydrogens (tertiary/aromatic N) is 2. The van der Waals surface area contributed by atoms with Gasteiger partial charge in [0.1, 0.15) is 7.05 Å². The molecule has 37 heavy (non-hydrogen) atoms. The summed E-state index contributed by atoms with van der Waals surface area (Å²) in [5, 5.41) is 0.624. The first-order chi connectivity index (χ1) is 17.7. The lowest BCUT2D eigenvalue weighted by Crippen LogP contribution is -2.29. The molecule has 0 atom stereocenters. The third-order valence-corrected chi connectivity index (χ3v) is 7.20. The number of hydrogen-bond acceptors (Lipinski definition) is 5. The zero-order chi connectivity index (χ0) is 26.2. The van der Waals surface area contributed by atoms with Gasteiger partial charge in [0.25, 0.3) is 15.6 Å². The molecule has 0 bridgehead atoms. The van der Waals surface area contributed by atoms with E-state index in [9.17, 15) is 13.0 Å². The highest BCUT2D eigenvalue weighted by Gasteiger charge is 2.28. The molecule has 7 nitrogen and oxygen atoms in total. The number of ether oxygens (including phenoxy) is 1. The number of oxazole rings is 1. The summed E-state index contributed by atoms with van der Waals surface area (Å²) in [6.45, 7) is 2.05. The summed E-state index contributed by atoms with van der Waals surface area (Å²) in [6.07, 6.45) is 4.46. The molecular weight excluding hydrogens is 512 g/mol. The van der Waals surface area contributed by atoms with Crippen LogP contribution in [0.1, 0.15) is 19.2 Å². The van der Waals surface area contributed by atoms with Crippen molar-refractivity contribution in [1.29, 1.82) is 0 Å². The van der Waals surface area contributed by atoms with E-state index in [0.29, 0.717) is 34.5 Å². The summed E-state index contributed by atoms with van der Waals surface area (Å²) in [5.74, 6) is 1.28. The molecule has 4 aromatic rings.